The minimum absolute atomic E-state index is 0.266. The molecular formula is C3HN5O6. The molecule has 0 aliphatic heterocycles. The van der Waals surface area contributed by atoms with E-state index in [1.807, 2.05) is 0 Å². The van der Waals surface area contributed by atoms with E-state index in [2.05, 4.69) is 5.10 Å². The third-order valence-electron chi connectivity index (χ3n) is 1.19. The van der Waals surface area contributed by atoms with Gasteiger partial charge in [-0.1, -0.05) is 0 Å². The largest absolute Gasteiger partial charge is 0.425 e. The monoisotopic (exact) mass is 203 g/mol. The van der Waals surface area contributed by atoms with Gasteiger partial charge in [0.25, 0.3) is 0 Å². The molecule has 1 aromatic heterocycles. The molecule has 0 N–H and O–H groups in total. The quantitative estimate of drug-likeness (QED) is 0.485. The molecule has 0 aliphatic carbocycles. The van der Waals surface area contributed by atoms with Crippen molar-refractivity contribution in [1.29, 1.82) is 0 Å². The summed E-state index contributed by atoms with van der Waals surface area (Å²) in [4.78, 5) is 28.0. The van der Waals surface area contributed by atoms with Crippen LogP contribution in [0.15, 0.2) is 6.07 Å². The Morgan fingerprint density at radius 1 is 1.14 bits per heavy atom. The first-order chi connectivity index (χ1) is 6.43. The fourth-order valence-electron chi connectivity index (χ4n) is 0.685. The van der Waals surface area contributed by atoms with E-state index >= 15 is 0 Å². The average molecular weight is 203 g/mol. The summed E-state index contributed by atoms with van der Waals surface area (Å²) >= 11 is 0. The average Bonchev–Trinajstić information content (AvgIpc) is 2.47. The Hall–Kier alpha value is -2.59. The Bertz CT molecular complexity index is 390. The van der Waals surface area contributed by atoms with E-state index < -0.39 is 26.5 Å². The zero-order chi connectivity index (χ0) is 10.9. The highest BCUT2D eigenvalue weighted by atomic mass is 16.7. The van der Waals surface area contributed by atoms with Gasteiger partial charge < -0.3 is 30.3 Å². The molecule has 11 heteroatoms. The van der Waals surface area contributed by atoms with Gasteiger partial charge in [0, 0.05) is 0 Å². The first-order valence-corrected chi connectivity index (χ1v) is 2.97. The minimum Gasteiger partial charge on any atom is -0.358 e. The second-order valence-corrected chi connectivity index (χ2v) is 2.00. The second-order valence-electron chi connectivity index (χ2n) is 2.00. The summed E-state index contributed by atoms with van der Waals surface area (Å²) in [5, 5.41) is 32.0. The highest BCUT2D eigenvalue weighted by molar-refractivity contribution is 5.30. The van der Waals surface area contributed by atoms with Gasteiger partial charge in [-0.3, -0.25) is 0 Å². The van der Waals surface area contributed by atoms with Crippen molar-refractivity contribution >= 4 is 11.6 Å². The van der Waals surface area contributed by atoms with Crippen LogP contribution in [0.1, 0.15) is 0 Å². The Morgan fingerprint density at radius 3 is 2.00 bits per heavy atom. The SMILES string of the molecule is O=[N+]([O-])c1cc([N+](=O)[O-])n([N+](=O)[O-])n1. The molecule has 0 aliphatic rings. The number of aromatic nitrogens is 2. The predicted octanol–water partition coefficient (Wildman–Crippen LogP) is -0.261. The van der Waals surface area contributed by atoms with Crippen molar-refractivity contribution < 1.29 is 14.9 Å². The maximum atomic E-state index is 10.2. The van der Waals surface area contributed by atoms with E-state index in [-0.39, 0.29) is 4.79 Å². The molecule has 0 saturated carbocycles. The molecule has 0 saturated heterocycles. The highest BCUT2D eigenvalue weighted by Crippen LogP contribution is 2.17. The zero-order valence-electron chi connectivity index (χ0n) is 6.26. The standard InChI is InChI=1S/C3HN5O6/c9-6(10)2-1-3(7(11)12)5(4-2)8(13)14/h1H. The van der Waals surface area contributed by atoms with Gasteiger partial charge in [0.2, 0.25) is 0 Å². The Kier molecular flexibility index (Phi) is 2.06. The van der Waals surface area contributed by atoms with Crippen LogP contribution in [-0.2, 0) is 0 Å². The van der Waals surface area contributed by atoms with Crippen molar-refractivity contribution in [3.05, 3.63) is 36.4 Å². The molecule has 0 spiro atoms. The van der Waals surface area contributed by atoms with Gasteiger partial charge in [-0.25, -0.2) is 0 Å². The lowest BCUT2D eigenvalue weighted by atomic mass is 10.6. The molecule has 0 amide bonds. The molecule has 0 aromatic carbocycles. The molecule has 1 rings (SSSR count). The molecule has 11 nitrogen and oxygen atoms in total. The highest BCUT2D eigenvalue weighted by Gasteiger charge is 2.32. The van der Waals surface area contributed by atoms with Crippen LogP contribution < -0.4 is 0 Å². The molecule has 0 atom stereocenters. The van der Waals surface area contributed by atoms with Gasteiger partial charge >= 0.3 is 11.6 Å². The maximum absolute atomic E-state index is 10.2. The Balaban J connectivity index is 3.33. The van der Waals surface area contributed by atoms with Gasteiger partial charge in [-0.15, -0.1) is 0 Å². The number of nitrogens with zero attached hydrogens (tertiary/aromatic N) is 5. The van der Waals surface area contributed by atoms with Crippen LogP contribution in [0.2, 0.25) is 0 Å². The summed E-state index contributed by atoms with van der Waals surface area (Å²) in [7, 11) is 0. The molecule has 0 radical (unpaired) electrons. The first-order valence-electron chi connectivity index (χ1n) is 2.97. The van der Waals surface area contributed by atoms with Gasteiger partial charge in [0.05, 0.1) is 0 Å². The lowest BCUT2D eigenvalue weighted by molar-refractivity contribution is -0.570. The summed E-state index contributed by atoms with van der Waals surface area (Å²) in [5.74, 6) is -2.02. The van der Waals surface area contributed by atoms with Crippen molar-refractivity contribution in [3.8, 4) is 0 Å². The molecule has 0 fully saturated rings. The molecular weight excluding hydrogens is 202 g/mol. The third kappa shape index (κ3) is 1.45. The number of nitro groups is 3. The molecule has 1 aromatic rings. The fourth-order valence-corrected chi connectivity index (χ4v) is 0.685. The summed E-state index contributed by atoms with van der Waals surface area (Å²) in [6, 6.07) is 0.406. The predicted molar refractivity (Wildman–Crippen MR) is 37.9 cm³/mol. The summed E-state index contributed by atoms with van der Waals surface area (Å²) in [6.45, 7) is 0. The molecule has 0 unspecified atom stereocenters. The van der Waals surface area contributed by atoms with Crippen LogP contribution in [0, 0.1) is 30.3 Å². The van der Waals surface area contributed by atoms with Crippen molar-refractivity contribution in [2.75, 3.05) is 0 Å². The van der Waals surface area contributed by atoms with E-state index in [4.69, 9.17) is 0 Å². The van der Waals surface area contributed by atoms with Gasteiger partial charge in [0.1, 0.15) is 11.1 Å². The van der Waals surface area contributed by atoms with Crippen LogP contribution >= 0.6 is 0 Å². The van der Waals surface area contributed by atoms with Crippen LogP contribution in [-0.4, -0.2) is 24.8 Å². The Labute approximate surface area is 74.0 Å². The van der Waals surface area contributed by atoms with Gasteiger partial charge in [-0.05, 0) is 9.85 Å². The minimum atomic E-state index is -1.23. The normalized spacial score (nSPS) is 9.71. The lowest BCUT2D eigenvalue weighted by Gasteiger charge is -1.88. The summed E-state index contributed by atoms with van der Waals surface area (Å²) in [5.41, 5.74) is 0. The van der Waals surface area contributed by atoms with Gasteiger partial charge in [-0.2, -0.15) is 0 Å². The Morgan fingerprint density at radius 2 is 1.71 bits per heavy atom. The van der Waals surface area contributed by atoms with Crippen molar-refractivity contribution in [2.24, 2.45) is 0 Å². The fraction of sp³-hybridized carbons (Fsp3) is 0. The third-order valence-corrected chi connectivity index (χ3v) is 1.19. The van der Waals surface area contributed by atoms with Crippen molar-refractivity contribution in [2.45, 2.75) is 0 Å². The van der Waals surface area contributed by atoms with Crippen LogP contribution in [0.5, 0.6) is 0 Å². The van der Waals surface area contributed by atoms with E-state index in [0.29, 0.717) is 6.07 Å². The van der Waals surface area contributed by atoms with Crippen LogP contribution in [0.25, 0.3) is 0 Å². The summed E-state index contributed by atoms with van der Waals surface area (Å²) in [6.07, 6.45) is 0. The van der Waals surface area contributed by atoms with Crippen LogP contribution in [0.3, 0.4) is 0 Å². The number of rotatable bonds is 3. The van der Waals surface area contributed by atoms with Gasteiger partial charge in [0.15, 0.2) is 9.89 Å². The smallest absolute Gasteiger partial charge is 0.358 e. The van der Waals surface area contributed by atoms with E-state index in [1.54, 1.807) is 0 Å². The van der Waals surface area contributed by atoms with E-state index in [9.17, 15) is 30.3 Å². The van der Waals surface area contributed by atoms with Crippen molar-refractivity contribution in [3.63, 3.8) is 0 Å². The summed E-state index contributed by atoms with van der Waals surface area (Å²) < 4.78 is 0. The topological polar surface area (TPSA) is 147 Å². The lowest BCUT2D eigenvalue weighted by Crippen LogP contribution is -2.13. The second kappa shape index (κ2) is 3.04. The van der Waals surface area contributed by atoms with E-state index in [1.165, 1.54) is 0 Å². The molecule has 0 bridgehead atoms. The molecule has 1 heterocycles. The number of hydrogen-bond acceptors (Lipinski definition) is 7. The first kappa shape index (κ1) is 9.50. The molecule has 14 heavy (non-hydrogen) atoms. The van der Waals surface area contributed by atoms with Crippen LogP contribution in [0.4, 0.5) is 11.6 Å². The maximum Gasteiger partial charge on any atom is 0.425 e. The van der Waals surface area contributed by atoms with Crippen molar-refractivity contribution in [1.82, 2.24) is 9.89 Å². The zero-order valence-corrected chi connectivity index (χ0v) is 6.26. The van der Waals surface area contributed by atoms with E-state index in [0.717, 1.165) is 0 Å². The molecule has 74 valence electrons. The number of hydrogen-bond donors (Lipinski definition) is 0.